The topological polar surface area (TPSA) is 55.8 Å². The van der Waals surface area contributed by atoms with Crippen LogP contribution in [0.25, 0.3) is 0 Å². The number of esters is 1. The van der Waals surface area contributed by atoms with E-state index in [1.165, 1.54) is 13.0 Å². The lowest BCUT2D eigenvalue weighted by Gasteiger charge is -2.44. The van der Waals surface area contributed by atoms with Gasteiger partial charge in [0.1, 0.15) is 0 Å². The summed E-state index contributed by atoms with van der Waals surface area (Å²) in [4.78, 5) is 11.8. The smallest absolute Gasteiger partial charge is 0.428 e. The van der Waals surface area contributed by atoms with Gasteiger partial charge in [-0.3, -0.25) is 0 Å². The summed E-state index contributed by atoms with van der Waals surface area (Å²) in [7, 11) is -2.73. The number of halogens is 3. The Kier molecular flexibility index (Phi) is 10.1. The summed E-state index contributed by atoms with van der Waals surface area (Å²) in [5.41, 5.74) is -3.56. The van der Waals surface area contributed by atoms with E-state index < -0.39 is 32.5 Å². The highest BCUT2D eigenvalue weighted by Crippen LogP contribution is 2.38. The molecule has 0 spiro atoms. The molecule has 0 unspecified atom stereocenters. The van der Waals surface area contributed by atoms with Crippen LogP contribution >= 0.6 is 0 Å². The van der Waals surface area contributed by atoms with Crippen molar-refractivity contribution in [1.82, 2.24) is 0 Å². The first kappa shape index (κ1) is 29.8. The van der Waals surface area contributed by atoms with E-state index in [1.54, 1.807) is 6.08 Å². The maximum Gasteiger partial charge on any atom is 0.428 e. The van der Waals surface area contributed by atoms with Gasteiger partial charge in [-0.25, -0.2) is 4.79 Å². The Morgan fingerprint density at radius 1 is 0.972 bits per heavy atom. The van der Waals surface area contributed by atoms with Crippen molar-refractivity contribution in [3.05, 3.63) is 72.8 Å². The van der Waals surface area contributed by atoms with Crippen molar-refractivity contribution in [3.63, 3.8) is 0 Å². The van der Waals surface area contributed by atoms with E-state index in [4.69, 9.17) is 4.43 Å². The summed E-state index contributed by atoms with van der Waals surface area (Å²) in [6.07, 6.45) is -2.52. The van der Waals surface area contributed by atoms with E-state index >= 15 is 0 Å². The van der Waals surface area contributed by atoms with E-state index in [9.17, 15) is 23.1 Å². The van der Waals surface area contributed by atoms with Crippen LogP contribution in [0.4, 0.5) is 13.2 Å². The van der Waals surface area contributed by atoms with Crippen molar-refractivity contribution in [2.24, 2.45) is 0 Å². The minimum Gasteiger partial charge on any atom is -0.464 e. The Morgan fingerprint density at radius 2 is 1.47 bits per heavy atom. The molecule has 1 N–H and O–H groups in total. The molecule has 0 aliphatic carbocycles. The van der Waals surface area contributed by atoms with Gasteiger partial charge in [0.15, 0.2) is 0 Å². The third kappa shape index (κ3) is 6.66. The quantitative estimate of drug-likeness (QED) is 0.239. The van der Waals surface area contributed by atoms with Gasteiger partial charge < -0.3 is 14.3 Å². The van der Waals surface area contributed by atoms with Gasteiger partial charge in [-0.2, -0.15) is 13.2 Å². The molecule has 2 aromatic carbocycles. The lowest BCUT2D eigenvalue weighted by atomic mass is 9.98. The molecule has 0 aromatic heterocycles. The fourth-order valence-electron chi connectivity index (χ4n) is 4.32. The van der Waals surface area contributed by atoms with Gasteiger partial charge in [-0.15, -0.1) is 0 Å². The van der Waals surface area contributed by atoms with E-state index in [2.05, 4.69) is 49.8 Å². The molecule has 0 aliphatic heterocycles. The highest BCUT2D eigenvalue weighted by atomic mass is 28.4. The monoisotopic (exact) mass is 522 g/mol. The van der Waals surface area contributed by atoms with Gasteiger partial charge in [-0.05, 0) is 42.1 Å². The lowest BCUT2D eigenvalue weighted by Crippen LogP contribution is -2.67. The minimum absolute atomic E-state index is 0.187. The van der Waals surface area contributed by atoms with Crippen molar-refractivity contribution >= 4 is 24.7 Å². The van der Waals surface area contributed by atoms with Crippen molar-refractivity contribution in [2.75, 3.05) is 6.61 Å². The fourth-order valence-corrected chi connectivity index (χ4v) is 9.06. The number of benzene rings is 2. The second kappa shape index (κ2) is 12.2. The summed E-state index contributed by atoms with van der Waals surface area (Å²) in [5, 5.41) is 12.1. The zero-order chi connectivity index (χ0) is 27.0. The zero-order valence-electron chi connectivity index (χ0n) is 21.6. The molecule has 0 fully saturated rings. The maximum atomic E-state index is 13.3. The number of aliphatic hydroxyl groups is 1. The summed E-state index contributed by atoms with van der Waals surface area (Å²) in [6, 6.07) is 20.4. The third-order valence-corrected chi connectivity index (χ3v) is 11.4. The fraction of sp³-hybridized carbons (Fsp3) is 0.464. The van der Waals surface area contributed by atoms with Gasteiger partial charge in [0.2, 0.25) is 0 Å². The number of rotatable bonds is 11. The molecule has 36 heavy (non-hydrogen) atoms. The van der Waals surface area contributed by atoms with Crippen LogP contribution in [0.3, 0.4) is 0 Å². The number of allylic oxidation sites excluding steroid dienone is 1. The molecular formula is C28H37F3O4Si. The Bertz CT molecular complexity index is 948. The predicted molar refractivity (Wildman–Crippen MR) is 139 cm³/mol. The van der Waals surface area contributed by atoms with Crippen LogP contribution in [0.2, 0.25) is 5.04 Å². The number of carbonyl (C=O) groups excluding carboxylic acids is 1. The van der Waals surface area contributed by atoms with Crippen molar-refractivity contribution in [3.8, 4) is 0 Å². The normalized spacial score (nSPS) is 15.5. The average Bonchev–Trinajstić information content (AvgIpc) is 2.82. The van der Waals surface area contributed by atoms with Gasteiger partial charge in [0, 0.05) is 12.5 Å². The first-order chi connectivity index (χ1) is 16.8. The largest absolute Gasteiger partial charge is 0.464 e. The molecule has 2 rings (SSSR count). The molecule has 8 heteroatoms. The minimum atomic E-state index is -5.14. The Morgan fingerprint density at radius 3 is 1.89 bits per heavy atom. The van der Waals surface area contributed by atoms with Gasteiger partial charge >= 0.3 is 12.1 Å². The molecule has 2 atom stereocenters. The van der Waals surface area contributed by atoms with Gasteiger partial charge in [0.05, 0.1) is 6.61 Å². The van der Waals surface area contributed by atoms with Crippen LogP contribution in [-0.4, -0.2) is 43.9 Å². The summed E-state index contributed by atoms with van der Waals surface area (Å²) >= 11 is 0. The molecule has 0 amide bonds. The van der Waals surface area contributed by atoms with E-state index in [0.29, 0.717) is 12.8 Å². The predicted octanol–water partition coefficient (Wildman–Crippen LogP) is 5.53. The van der Waals surface area contributed by atoms with Crippen LogP contribution < -0.4 is 10.4 Å². The Hall–Kier alpha value is -2.42. The van der Waals surface area contributed by atoms with E-state index in [0.717, 1.165) is 10.4 Å². The molecule has 4 nitrogen and oxygen atoms in total. The van der Waals surface area contributed by atoms with E-state index in [-0.39, 0.29) is 17.7 Å². The molecule has 198 valence electrons. The third-order valence-electron chi connectivity index (χ3n) is 6.20. The number of hydrogen-bond acceptors (Lipinski definition) is 4. The van der Waals surface area contributed by atoms with Gasteiger partial charge in [0.25, 0.3) is 13.9 Å². The SMILES string of the molecule is CCOC(=O)[C@](O)(C/C=C/CC[C@H](C)O[Si](c1ccccc1)(c1ccccc1)C(C)(C)C)C(F)(F)F. The summed E-state index contributed by atoms with van der Waals surface area (Å²) in [5.74, 6) is -1.69. The summed E-state index contributed by atoms with van der Waals surface area (Å²) in [6.45, 7) is 9.64. The molecule has 2 aromatic rings. The van der Waals surface area contributed by atoms with Crippen LogP contribution in [0.15, 0.2) is 72.8 Å². The lowest BCUT2D eigenvalue weighted by molar-refractivity contribution is -0.261. The van der Waals surface area contributed by atoms with Crippen LogP contribution in [0.5, 0.6) is 0 Å². The van der Waals surface area contributed by atoms with Gasteiger partial charge in [-0.1, -0.05) is 93.6 Å². The molecular weight excluding hydrogens is 485 g/mol. The molecule has 0 heterocycles. The first-order valence-electron chi connectivity index (χ1n) is 12.2. The highest BCUT2D eigenvalue weighted by molar-refractivity contribution is 6.99. The van der Waals surface area contributed by atoms with Crippen molar-refractivity contribution < 1.29 is 32.2 Å². The second-order valence-corrected chi connectivity index (χ2v) is 14.2. The maximum absolute atomic E-state index is 13.3. The van der Waals surface area contributed by atoms with E-state index in [1.807, 2.05) is 43.3 Å². The number of alkyl halides is 3. The number of hydrogen-bond donors (Lipinski definition) is 1. The number of carbonyl (C=O) groups is 1. The summed E-state index contributed by atoms with van der Waals surface area (Å²) < 4.78 is 51.4. The highest BCUT2D eigenvalue weighted by Gasteiger charge is 2.60. The zero-order valence-corrected chi connectivity index (χ0v) is 22.6. The Balaban J connectivity index is 2.21. The average molecular weight is 523 g/mol. The Labute approximate surface area is 213 Å². The van der Waals surface area contributed by atoms with Crippen LogP contribution in [0, 0.1) is 0 Å². The molecule has 0 bridgehead atoms. The molecule has 0 radical (unpaired) electrons. The second-order valence-electron chi connectivity index (χ2n) is 9.92. The van der Waals surface area contributed by atoms with Crippen LogP contribution in [0.1, 0.15) is 53.9 Å². The number of ether oxygens (including phenoxy) is 1. The van der Waals surface area contributed by atoms with Crippen molar-refractivity contribution in [1.29, 1.82) is 0 Å². The molecule has 0 saturated carbocycles. The first-order valence-corrected chi connectivity index (χ1v) is 14.1. The van der Waals surface area contributed by atoms with Crippen molar-refractivity contribution in [2.45, 2.75) is 76.8 Å². The standard InChI is InChI=1S/C28H37F3O4Si/c1-6-34-25(32)27(33,28(29,30)31)21-15-9-10-16-22(2)35-36(26(3,4)5,23-17-11-7-12-18-23)24-19-13-8-14-20-24/h7-9,11-15,17-20,22,33H,6,10,16,21H2,1-5H3/b15-9+/t22-,27+/m0/s1. The molecule has 0 aliphatic rings. The van der Waals surface area contributed by atoms with Crippen LogP contribution in [-0.2, 0) is 14.0 Å². The molecule has 0 saturated heterocycles.